The van der Waals surface area contributed by atoms with Crippen molar-refractivity contribution >= 4 is 11.8 Å². The van der Waals surface area contributed by atoms with Crippen LogP contribution in [0.25, 0.3) is 0 Å². The molecule has 2 aliphatic heterocycles. The molecule has 1 spiro atoms. The largest absolute Gasteiger partial charge is 0.342 e. The predicted octanol–water partition coefficient (Wildman–Crippen LogP) is 2.48. The quantitative estimate of drug-likeness (QED) is 0.833. The van der Waals surface area contributed by atoms with E-state index in [1.165, 1.54) is 0 Å². The summed E-state index contributed by atoms with van der Waals surface area (Å²) in [5.41, 5.74) is 1.87. The lowest BCUT2D eigenvalue weighted by molar-refractivity contribution is -0.142. The highest BCUT2D eigenvalue weighted by molar-refractivity contribution is 5.81. The van der Waals surface area contributed by atoms with Crippen LogP contribution >= 0.6 is 0 Å². The maximum Gasteiger partial charge on any atom is 0.225 e. The first-order valence-corrected chi connectivity index (χ1v) is 9.57. The zero-order chi connectivity index (χ0) is 18.3. The third kappa shape index (κ3) is 3.33. The number of hydrogen-bond acceptors (Lipinski definition) is 3. The molecule has 0 N–H and O–H groups in total. The molecule has 1 aliphatic carbocycles. The highest BCUT2D eigenvalue weighted by Crippen LogP contribution is 2.42. The minimum absolute atomic E-state index is 0.0140. The number of alkyl halides is 1. The van der Waals surface area contributed by atoms with Crippen LogP contribution < -0.4 is 0 Å². The minimum Gasteiger partial charge on any atom is -0.342 e. The summed E-state index contributed by atoms with van der Waals surface area (Å²) in [5, 5.41) is 0. The molecule has 3 aliphatic rings. The molecule has 2 saturated heterocycles. The van der Waals surface area contributed by atoms with Crippen LogP contribution in [0.5, 0.6) is 0 Å². The Morgan fingerprint density at radius 1 is 1.31 bits per heavy atom. The van der Waals surface area contributed by atoms with Crippen molar-refractivity contribution in [3.05, 3.63) is 29.6 Å². The molecule has 3 fully saturated rings. The smallest absolute Gasteiger partial charge is 0.225 e. The summed E-state index contributed by atoms with van der Waals surface area (Å²) in [4.78, 5) is 33.2. The highest BCUT2D eigenvalue weighted by Gasteiger charge is 2.46. The van der Waals surface area contributed by atoms with Crippen LogP contribution in [0, 0.1) is 18.3 Å². The molecule has 0 radical (unpaired) electrons. The molecule has 3 heterocycles. The van der Waals surface area contributed by atoms with Gasteiger partial charge in [-0.1, -0.05) is 6.07 Å². The van der Waals surface area contributed by atoms with Gasteiger partial charge in [-0.25, -0.2) is 4.39 Å². The van der Waals surface area contributed by atoms with E-state index >= 15 is 0 Å². The monoisotopic (exact) mass is 359 g/mol. The van der Waals surface area contributed by atoms with Gasteiger partial charge in [0.25, 0.3) is 0 Å². The van der Waals surface area contributed by atoms with E-state index in [-0.39, 0.29) is 23.1 Å². The summed E-state index contributed by atoms with van der Waals surface area (Å²) < 4.78 is 13.0. The van der Waals surface area contributed by atoms with Gasteiger partial charge in [-0.2, -0.15) is 0 Å². The number of aromatic nitrogens is 1. The van der Waals surface area contributed by atoms with Crippen molar-refractivity contribution in [2.24, 2.45) is 11.3 Å². The molecule has 1 aromatic heterocycles. The van der Waals surface area contributed by atoms with Gasteiger partial charge >= 0.3 is 0 Å². The van der Waals surface area contributed by atoms with Crippen molar-refractivity contribution in [1.29, 1.82) is 0 Å². The topological polar surface area (TPSA) is 53.5 Å². The molecule has 4 rings (SSSR count). The van der Waals surface area contributed by atoms with E-state index in [0.29, 0.717) is 38.9 Å². The van der Waals surface area contributed by atoms with E-state index in [2.05, 4.69) is 4.98 Å². The van der Waals surface area contributed by atoms with E-state index in [4.69, 9.17) is 0 Å². The number of pyridine rings is 1. The van der Waals surface area contributed by atoms with Crippen LogP contribution in [0.4, 0.5) is 4.39 Å². The second kappa shape index (κ2) is 6.63. The van der Waals surface area contributed by atoms with Gasteiger partial charge in [0.05, 0.1) is 12.2 Å². The number of rotatable bonds is 3. The van der Waals surface area contributed by atoms with Crippen LogP contribution in [-0.2, 0) is 16.1 Å². The number of piperidine rings is 1. The second-order valence-corrected chi connectivity index (χ2v) is 8.29. The average molecular weight is 359 g/mol. The Morgan fingerprint density at radius 3 is 2.69 bits per heavy atom. The first kappa shape index (κ1) is 17.4. The van der Waals surface area contributed by atoms with E-state index in [1.54, 1.807) is 0 Å². The van der Waals surface area contributed by atoms with Crippen molar-refractivity contribution in [3.8, 4) is 0 Å². The summed E-state index contributed by atoms with van der Waals surface area (Å²) in [6.45, 7) is 4.65. The molecule has 6 heteroatoms. The lowest BCUT2D eigenvalue weighted by Gasteiger charge is -2.41. The van der Waals surface area contributed by atoms with Gasteiger partial charge in [0.2, 0.25) is 11.8 Å². The van der Waals surface area contributed by atoms with Gasteiger partial charge < -0.3 is 9.80 Å². The molecule has 1 aromatic rings. The maximum atomic E-state index is 13.0. The molecule has 2 amide bonds. The number of hydrogen-bond donors (Lipinski definition) is 0. The number of halogens is 1. The summed E-state index contributed by atoms with van der Waals surface area (Å²) in [6.07, 6.45) is 2.25. The van der Waals surface area contributed by atoms with E-state index in [0.717, 1.165) is 30.8 Å². The highest BCUT2D eigenvalue weighted by atomic mass is 19.1. The van der Waals surface area contributed by atoms with Gasteiger partial charge in [0.1, 0.15) is 6.17 Å². The Labute approximate surface area is 153 Å². The van der Waals surface area contributed by atoms with Crippen LogP contribution in [-0.4, -0.2) is 52.4 Å². The van der Waals surface area contributed by atoms with Gasteiger partial charge in [-0.15, -0.1) is 0 Å². The Hall–Kier alpha value is -1.98. The summed E-state index contributed by atoms with van der Waals surface area (Å²) in [6, 6.07) is 5.89. The molecular formula is C20H26FN3O2. The Morgan fingerprint density at radius 2 is 2.04 bits per heavy atom. The third-order valence-corrected chi connectivity index (χ3v) is 6.27. The molecule has 140 valence electrons. The zero-order valence-electron chi connectivity index (χ0n) is 15.3. The lowest BCUT2D eigenvalue weighted by Crippen LogP contribution is -2.48. The van der Waals surface area contributed by atoms with Crippen molar-refractivity contribution in [1.82, 2.24) is 14.8 Å². The molecule has 0 aromatic carbocycles. The molecule has 5 nitrogen and oxygen atoms in total. The first-order chi connectivity index (χ1) is 12.4. The van der Waals surface area contributed by atoms with E-state index in [1.807, 2.05) is 34.9 Å². The standard InChI is InChI=1S/C20H26FN3O2/c1-14-3-2-4-17(22-14)12-24-13-20(11-18(24)25)5-7-23(8-6-20)19(26)15-9-16(21)10-15/h2-4,15-16H,5-13H2,1H3. The fourth-order valence-corrected chi connectivity index (χ4v) is 4.55. The Bertz CT molecular complexity index is 709. The number of nitrogens with zero attached hydrogens (tertiary/aromatic N) is 3. The molecule has 0 unspecified atom stereocenters. The second-order valence-electron chi connectivity index (χ2n) is 8.29. The average Bonchev–Trinajstić information content (AvgIpc) is 2.87. The van der Waals surface area contributed by atoms with Crippen molar-refractivity contribution in [2.75, 3.05) is 19.6 Å². The predicted molar refractivity (Wildman–Crippen MR) is 94.9 cm³/mol. The normalized spacial score (nSPS) is 27.7. The van der Waals surface area contributed by atoms with E-state index < -0.39 is 6.17 Å². The number of carbonyl (C=O) groups excluding carboxylic acids is 2. The Balaban J connectivity index is 1.34. The summed E-state index contributed by atoms with van der Waals surface area (Å²) >= 11 is 0. The molecule has 1 saturated carbocycles. The van der Waals surface area contributed by atoms with Gasteiger partial charge in [0, 0.05) is 43.1 Å². The fourth-order valence-electron chi connectivity index (χ4n) is 4.55. The molecule has 0 atom stereocenters. The van der Waals surface area contributed by atoms with Crippen LogP contribution in [0.1, 0.15) is 43.5 Å². The van der Waals surface area contributed by atoms with Crippen LogP contribution in [0.2, 0.25) is 0 Å². The molecule has 0 bridgehead atoms. The maximum absolute atomic E-state index is 13.0. The summed E-state index contributed by atoms with van der Waals surface area (Å²) in [7, 11) is 0. The van der Waals surface area contributed by atoms with Crippen LogP contribution in [0.3, 0.4) is 0 Å². The minimum atomic E-state index is -0.795. The number of amides is 2. The number of aryl methyl sites for hydroxylation is 1. The van der Waals surface area contributed by atoms with Gasteiger partial charge in [-0.3, -0.25) is 14.6 Å². The summed E-state index contributed by atoms with van der Waals surface area (Å²) in [5.74, 6) is 0.180. The van der Waals surface area contributed by atoms with Gasteiger partial charge in [0.15, 0.2) is 0 Å². The number of carbonyl (C=O) groups is 2. The van der Waals surface area contributed by atoms with Crippen molar-refractivity contribution in [3.63, 3.8) is 0 Å². The zero-order valence-corrected chi connectivity index (χ0v) is 15.3. The van der Waals surface area contributed by atoms with Crippen molar-refractivity contribution in [2.45, 2.75) is 51.7 Å². The third-order valence-electron chi connectivity index (χ3n) is 6.27. The SMILES string of the molecule is Cc1cccc(CN2CC3(CCN(C(=O)C4CC(F)C4)CC3)CC2=O)n1. The lowest BCUT2D eigenvalue weighted by atomic mass is 9.76. The molecule has 26 heavy (non-hydrogen) atoms. The van der Waals surface area contributed by atoms with Crippen LogP contribution in [0.15, 0.2) is 18.2 Å². The fraction of sp³-hybridized carbons (Fsp3) is 0.650. The van der Waals surface area contributed by atoms with E-state index in [9.17, 15) is 14.0 Å². The molecular weight excluding hydrogens is 333 g/mol. The Kier molecular flexibility index (Phi) is 4.45. The number of likely N-dealkylation sites (tertiary alicyclic amines) is 2. The van der Waals surface area contributed by atoms with Crippen molar-refractivity contribution < 1.29 is 14.0 Å². The first-order valence-electron chi connectivity index (χ1n) is 9.57. The van der Waals surface area contributed by atoms with Gasteiger partial charge in [-0.05, 0) is 44.7 Å².